The van der Waals surface area contributed by atoms with E-state index in [4.69, 9.17) is 4.42 Å². The lowest BCUT2D eigenvalue weighted by molar-refractivity contribution is -0.194. The fourth-order valence-electron chi connectivity index (χ4n) is 4.83. The second-order valence-electron chi connectivity index (χ2n) is 9.44. The molecule has 158 valence electrons. The lowest BCUT2D eigenvalue weighted by Gasteiger charge is -2.56. The standard InChI is InChI=1S/C22H27F3N2O2/c1-12-10-17-16(26-18(29-17)14-6-7-14)11-15(12)21(5)8-9-27(13(2)20(21,3)4)19(28)22(23,24)25/h10-11,13-14H,6-9H2,1-5H3/t13-,21+/m1/s1. The molecule has 0 unspecified atom stereocenters. The average molecular weight is 408 g/mol. The van der Waals surface area contributed by atoms with Gasteiger partial charge in [-0.05, 0) is 61.8 Å². The van der Waals surface area contributed by atoms with Crippen LogP contribution < -0.4 is 0 Å². The van der Waals surface area contributed by atoms with Crippen LogP contribution in [0.4, 0.5) is 13.2 Å². The number of rotatable bonds is 2. The van der Waals surface area contributed by atoms with E-state index in [2.05, 4.69) is 11.9 Å². The largest absolute Gasteiger partial charge is 0.471 e. The molecule has 1 aliphatic heterocycles. The molecule has 1 saturated carbocycles. The molecule has 4 nitrogen and oxygen atoms in total. The minimum absolute atomic E-state index is 0.0725. The number of fused-ring (bicyclic) bond motifs is 1. The smallest absolute Gasteiger partial charge is 0.440 e. The van der Waals surface area contributed by atoms with Crippen LogP contribution in [0, 0.1) is 12.3 Å². The van der Waals surface area contributed by atoms with Gasteiger partial charge in [-0.1, -0.05) is 20.8 Å². The molecule has 29 heavy (non-hydrogen) atoms. The summed E-state index contributed by atoms with van der Waals surface area (Å²) in [6.07, 6.45) is -2.20. The van der Waals surface area contributed by atoms with Gasteiger partial charge in [0.15, 0.2) is 11.5 Å². The number of carbonyl (C=O) groups is 1. The third-order valence-corrected chi connectivity index (χ3v) is 7.56. The summed E-state index contributed by atoms with van der Waals surface area (Å²) in [5.74, 6) is -0.562. The fourth-order valence-corrected chi connectivity index (χ4v) is 4.83. The molecule has 1 saturated heterocycles. The van der Waals surface area contributed by atoms with Crippen molar-refractivity contribution in [1.82, 2.24) is 9.88 Å². The van der Waals surface area contributed by atoms with Gasteiger partial charge in [-0.25, -0.2) is 4.98 Å². The fraction of sp³-hybridized carbons (Fsp3) is 0.636. The zero-order chi connectivity index (χ0) is 21.4. The molecule has 1 aliphatic carbocycles. The highest BCUT2D eigenvalue weighted by atomic mass is 19.4. The Morgan fingerprint density at radius 1 is 1.24 bits per heavy atom. The normalized spacial score (nSPS) is 27.4. The first-order valence-corrected chi connectivity index (χ1v) is 10.2. The molecule has 1 amide bonds. The Bertz CT molecular complexity index is 974. The summed E-state index contributed by atoms with van der Waals surface area (Å²) in [5.41, 5.74) is 2.67. The van der Waals surface area contributed by atoms with Crippen LogP contribution in [0.3, 0.4) is 0 Å². The molecule has 2 atom stereocenters. The number of likely N-dealkylation sites (tertiary alicyclic amines) is 1. The van der Waals surface area contributed by atoms with Crippen molar-refractivity contribution in [3.05, 3.63) is 29.2 Å². The molecule has 0 radical (unpaired) electrons. The van der Waals surface area contributed by atoms with E-state index >= 15 is 0 Å². The van der Waals surface area contributed by atoms with Crippen molar-refractivity contribution in [2.45, 2.75) is 77.4 Å². The Morgan fingerprint density at radius 3 is 2.48 bits per heavy atom. The summed E-state index contributed by atoms with van der Waals surface area (Å²) in [7, 11) is 0. The molecular weight excluding hydrogens is 381 g/mol. The zero-order valence-corrected chi connectivity index (χ0v) is 17.5. The molecular formula is C22H27F3N2O2. The molecule has 2 aliphatic rings. The molecule has 2 fully saturated rings. The number of carbonyl (C=O) groups excluding carboxylic acids is 1. The van der Waals surface area contributed by atoms with E-state index in [0.29, 0.717) is 12.3 Å². The molecule has 4 rings (SSSR count). The highest BCUT2D eigenvalue weighted by molar-refractivity contribution is 5.82. The minimum Gasteiger partial charge on any atom is -0.440 e. The summed E-state index contributed by atoms with van der Waals surface area (Å²) in [6, 6.07) is 3.46. The van der Waals surface area contributed by atoms with Gasteiger partial charge in [0.25, 0.3) is 0 Å². The summed E-state index contributed by atoms with van der Waals surface area (Å²) >= 11 is 0. The van der Waals surface area contributed by atoms with Crippen LogP contribution in [-0.2, 0) is 10.2 Å². The number of piperidine rings is 1. The predicted molar refractivity (Wildman–Crippen MR) is 104 cm³/mol. The number of alkyl halides is 3. The van der Waals surface area contributed by atoms with Gasteiger partial charge in [0.1, 0.15) is 5.52 Å². The molecule has 0 N–H and O–H groups in total. The maximum atomic E-state index is 13.1. The van der Waals surface area contributed by atoms with E-state index in [0.717, 1.165) is 45.9 Å². The summed E-state index contributed by atoms with van der Waals surface area (Å²) in [6.45, 7) is 9.80. The monoisotopic (exact) mass is 408 g/mol. The number of aryl methyl sites for hydroxylation is 1. The summed E-state index contributed by atoms with van der Waals surface area (Å²) < 4.78 is 45.1. The number of benzene rings is 1. The predicted octanol–water partition coefficient (Wildman–Crippen LogP) is 5.48. The van der Waals surface area contributed by atoms with E-state index in [1.54, 1.807) is 6.92 Å². The SMILES string of the molecule is Cc1cc2oc(C3CC3)nc2cc1[C@]1(C)CCN(C(=O)C(F)(F)F)[C@H](C)C1(C)C. The van der Waals surface area contributed by atoms with Gasteiger partial charge in [-0.3, -0.25) is 4.79 Å². The molecule has 1 aromatic heterocycles. The maximum Gasteiger partial charge on any atom is 0.471 e. The van der Waals surface area contributed by atoms with E-state index in [-0.39, 0.29) is 6.54 Å². The highest BCUT2D eigenvalue weighted by Gasteiger charge is 2.55. The van der Waals surface area contributed by atoms with Gasteiger partial charge in [0, 0.05) is 23.9 Å². The number of aromatic nitrogens is 1. The average Bonchev–Trinajstić information content (AvgIpc) is 3.39. The van der Waals surface area contributed by atoms with Crippen molar-refractivity contribution in [1.29, 1.82) is 0 Å². The number of amides is 1. The van der Waals surface area contributed by atoms with Crippen LogP contribution in [0.1, 0.15) is 69.9 Å². The third-order valence-electron chi connectivity index (χ3n) is 7.56. The Labute approximate surface area is 168 Å². The van der Waals surface area contributed by atoms with Crippen LogP contribution in [0.2, 0.25) is 0 Å². The Morgan fingerprint density at radius 2 is 1.90 bits per heavy atom. The Hall–Kier alpha value is -2.05. The van der Waals surface area contributed by atoms with Gasteiger partial charge >= 0.3 is 12.1 Å². The van der Waals surface area contributed by atoms with Crippen molar-refractivity contribution in [3.8, 4) is 0 Å². The minimum atomic E-state index is -4.85. The van der Waals surface area contributed by atoms with Crippen molar-refractivity contribution in [2.75, 3.05) is 6.54 Å². The number of halogens is 3. The van der Waals surface area contributed by atoms with Crippen molar-refractivity contribution >= 4 is 17.0 Å². The second-order valence-corrected chi connectivity index (χ2v) is 9.44. The van der Waals surface area contributed by atoms with Crippen molar-refractivity contribution in [2.24, 2.45) is 5.41 Å². The lowest BCUT2D eigenvalue weighted by Crippen LogP contribution is -2.62. The van der Waals surface area contributed by atoms with Crippen LogP contribution in [0.25, 0.3) is 11.1 Å². The summed E-state index contributed by atoms with van der Waals surface area (Å²) in [5, 5.41) is 0. The van der Waals surface area contributed by atoms with E-state index in [1.807, 2.05) is 32.9 Å². The topological polar surface area (TPSA) is 46.3 Å². The van der Waals surface area contributed by atoms with E-state index < -0.39 is 29.0 Å². The first kappa shape index (κ1) is 20.2. The first-order valence-electron chi connectivity index (χ1n) is 10.2. The van der Waals surface area contributed by atoms with Crippen LogP contribution in [0.5, 0.6) is 0 Å². The molecule has 7 heteroatoms. The van der Waals surface area contributed by atoms with Gasteiger partial charge in [-0.2, -0.15) is 13.2 Å². The highest BCUT2D eigenvalue weighted by Crippen LogP contribution is 2.53. The van der Waals surface area contributed by atoms with E-state index in [9.17, 15) is 18.0 Å². The molecule has 2 heterocycles. The van der Waals surface area contributed by atoms with Crippen LogP contribution in [0.15, 0.2) is 16.5 Å². The zero-order valence-electron chi connectivity index (χ0n) is 17.5. The molecule has 0 bridgehead atoms. The second kappa shape index (κ2) is 6.22. The first-order chi connectivity index (χ1) is 13.4. The van der Waals surface area contributed by atoms with Gasteiger partial charge in [0.2, 0.25) is 0 Å². The van der Waals surface area contributed by atoms with Crippen LogP contribution >= 0.6 is 0 Å². The number of nitrogens with zero attached hydrogens (tertiary/aromatic N) is 2. The quantitative estimate of drug-likeness (QED) is 0.661. The lowest BCUT2D eigenvalue weighted by atomic mass is 9.55. The number of oxazole rings is 1. The number of hydrogen-bond donors (Lipinski definition) is 0. The van der Waals surface area contributed by atoms with E-state index in [1.165, 1.54) is 0 Å². The Balaban J connectivity index is 1.74. The molecule has 2 aromatic rings. The van der Waals surface area contributed by atoms with Crippen molar-refractivity contribution in [3.63, 3.8) is 0 Å². The van der Waals surface area contributed by atoms with Gasteiger partial charge in [-0.15, -0.1) is 0 Å². The van der Waals surface area contributed by atoms with Gasteiger partial charge < -0.3 is 9.32 Å². The van der Waals surface area contributed by atoms with Gasteiger partial charge in [0.05, 0.1) is 0 Å². The summed E-state index contributed by atoms with van der Waals surface area (Å²) in [4.78, 5) is 17.6. The maximum absolute atomic E-state index is 13.1. The van der Waals surface area contributed by atoms with Crippen molar-refractivity contribution < 1.29 is 22.4 Å². The number of hydrogen-bond acceptors (Lipinski definition) is 3. The molecule has 0 spiro atoms. The Kier molecular flexibility index (Phi) is 4.34. The van der Waals surface area contributed by atoms with Crippen LogP contribution in [-0.4, -0.2) is 34.6 Å². The third kappa shape index (κ3) is 3.04. The molecule has 1 aromatic carbocycles.